The highest BCUT2D eigenvalue weighted by Gasteiger charge is 2.21. The Labute approximate surface area is 164 Å². The van der Waals surface area contributed by atoms with Gasteiger partial charge in [-0.05, 0) is 37.0 Å². The Bertz CT molecular complexity index is 769. The second-order valence-corrected chi connectivity index (χ2v) is 7.55. The van der Waals surface area contributed by atoms with Gasteiger partial charge in [0.2, 0.25) is 5.78 Å². The predicted molar refractivity (Wildman–Crippen MR) is 110 cm³/mol. The van der Waals surface area contributed by atoms with Crippen molar-refractivity contribution in [3.05, 3.63) is 58.4 Å². The van der Waals surface area contributed by atoms with Crippen molar-refractivity contribution < 1.29 is 9.59 Å². The van der Waals surface area contributed by atoms with Crippen LogP contribution in [0.3, 0.4) is 0 Å². The van der Waals surface area contributed by atoms with E-state index >= 15 is 0 Å². The molecule has 0 fully saturated rings. The monoisotopic (exact) mass is 392 g/mol. The van der Waals surface area contributed by atoms with E-state index in [-0.39, 0.29) is 11.6 Å². The van der Waals surface area contributed by atoms with E-state index in [9.17, 15) is 9.59 Å². The molecular weight excluding hydrogens is 368 g/mol. The highest BCUT2D eigenvalue weighted by atomic mass is 35.5. The van der Waals surface area contributed by atoms with Crippen LogP contribution in [0.1, 0.15) is 47.2 Å². The Morgan fingerprint density at radius 3 is 2.46 bits per heavy atom. The van der Waals surface area contributed by atoms with Gasteiger partial charge in [-0.15, -0.1) is 11.8 Å². The second-order valence-electron chi connectivity index (χ2n) is 5.90. The summed E-state index contributed by atoms with van der Waals surface area (Å²) in [6, 6.07) is 8.71. The number of hydrogen-bond acceptors (Lipinski definition) is 4. The van der Waals surface area contributed by atoms with Crippen molar-refractivity contribution in [2.45, 2.75) is 26.6 Å². The molecule has 140 valence electrons. The van der Waals surface area contributed by atoms with Crippen molar-refractivity contribution in [3.8, 4) is 0 Å². The third kappa shape index (κ3) is 5.00. The number of rotatable bonds is 10. The molecule has 1 aromatic carbocycles. The Morgan fingerprint density at radius 2 is 1.85 bits per heavy atom. The van der Waals surface area contributed by atoms with Crippen LogP contribution in [0.5, 0.6) is 0 Å². The minimum atomic E-state index is -0.158. The normalized spacial score (nSPS) is 11.1. The fourth-order valence-corrected chi connectivity index (χ4v) is 3.49. The summed E-state index contributed by atoms with van der Waals surface area (Å²) in [6.07, 6.45) is 1.79. The minimum absolute atomic E-state index is 0.0298. The maximum absolute atomic E-state index is 13.0. The van der Waals surface area contributed by atoms with Crippen molar-refractivity contribution in [3.63, 3.8) is 0 Å². The lowest BCUT2D eigenvalue weighted by Gasteiger charge is -2.16. The summed E-state index contributed by atoms with van der Waals surface area (Å²) < 4.78 is 1.86. The second kappa shape index (κ2) is 9.95. The molecular formula is C20H25ClN2O2S. The Hall–Kier alpha value is -1.56. The molecule has 1 heterocycles. The van der Waals surface area contributed by atoms with Gasteiger partial charge in [0.05, 0.1) is 23.1 Å². The van der Waals surface area contributed by atoms with Crippen molar-refractivity contribution in [2.75, 3.05) is 25.4 Å². The number of carbonyl (C=O) groups is 2. The average molecular weight is 393 g/mol. The lowest BCUT2D eigenvalue weighted by molar-refractivity contribution is 0.0937. The van der Waals surface area contributed by atoms with Gasteiger partial charge in [-0.2, -0.15) is 0 Å². The van der Waals surface area contributed by atoms with Crippen LogP contribution in [-0.2, 0) is 5.88 Å². The van der Waals surface area contributed by atoms with Gasteiger partial charge in [0, 0.05) is 17.3 Å². The molecule has 6 heteroatoms. The summed E-state index contributed by atoms with van der Waals surface area (Å²) in [7, 11) is 0. The maximum Gasteiger partial charge on any atom is 0.210 e. The van der Waals surface area contributed by atoms with Crippen LogP contribution in [0.15, 0.2) is 36.5 Å². The van der Waals surface area contributed by atoms with E-state index in [1.807, 2.05) is 18.4 Å². The van der Waals surface area contributed by atoms with Crippen LogP contribution >= 0.6 is 23.4 Å². The molecule has 0 unspecified atom stereocenters. The first-order chi connectivity index (χ1) is 12.5. The van der Waals surface area contributed by atoms with Crippen LogP contribution in [0, 0.1) is 0 Å². The van der Waals surface area contributed by atoms with Crippen molar-refractivity contribution in [2.24, 2.45) is 0 Å². The van der Waals surface area contributed by atoms with Gasteiger partial charge in [-0.3, -0.25) is 14.5 Å². The maximum atomic E-state index is 13.0. The Kier molecular flexibility index (Phi) is 7.94. The third-order valence-electron chi connectivity index (χ3n) is 4.27. The topological polar surface area (TPSA) is 42.3 Å². The molecule has 0 amide bonds. The number of ketones is 2. The number of nitrogens with zero attached hydrogens (tertiary/aromatic N) is 2. The zero-order valence-corrected chi connectivity index (χ0v) is 17.1. The number of benzene rings is 1. The molecule has 0 N–H and O–H groups in total. The fourth-order valence-electron chi connectivity index (χ4n) is 2.67. The first kappa shape index (κ1) is 20.7. The van der Waals surface area contributed by atoms with Crippen LogP contribution in [0.4, 0.5) is 0 Å². The molecule has 0 atom stereocenters. The van der Waals surface area contributed by atoms with Crippen LogP contribution in [0.2, 0.25) is 5.02 Å². The summed E-state index contributed by atoms with van der Waals surface area (Å²) in [5.74, 6) is 1.43. The Balaban J connectivity index is 2.35. The quantitative estimate of drug-likeness (QED) is 0.554. The van der Waals surface area contributed by atoms with E-state index in [0.29, 0.717) is 34.3 Å². The highest BCUT2D eigenvalue weighted by Crippen LogP contribution is 2.22. The molecule has 0 saturated heterocycles. The first-order valence-corrected chi connectivity index (χ1v) is 10.4. The summed E-state index contributed by atoms with van der Waals surface area (Å²) in [6.45, 7) is 8.13. The predicted octanol–water partition coefficient (Wildman–Crippen LogP) is 4.61. The molecule has 0 aliphatic heterocycles. The number of hydrogen-bond donors (Lipinski definition) is 0. The number of halogens is 1. The summed E-state index contributed by atoms with van der Waals surface area (Å²) >= 11 is 7.89. The van der Waals surface area contributed by atoms with Gasteiger partial charge >= 0.3 is 0 Å². The molecule has 0 bridgehead atoms. The van der Waals surface area contributed by atoms with Crippen LogP contribution in [0.25, 0.3) is 0 Å². The van der Waals surface area contributed by atoms with E-state index in [1.165, 1.54) is 0 Å². The molecule has 26 heavy (non-hydrogen) atoms. The average Bonchev–Trinajstić information content (AvgIpc) is 3.08. The first-order valence-electron chi connectivity index (χ1n) is 8.84. The molecule has 4 nitrogen and oxygen atoms in total. The molecule has 0 radical (unpaired) electrons. The van der Waals surface area contributed by atoms with Crippen LogP contribution in [-0.4, -0.2) is 46.4 Å². The lowest BCUT2D eigenvalue weighted by atomic mass is 10.1. The number of likely N-dealkylation sites (N-methyl/N-ethyl adjacent to an activating group) is 1. The van der Waals surface area contributed by atoms with Gasteiger partial charge in [0.15, 0.2) is 5.78 Å². The van der Waals surface area contributed by atoms with Crippen molar-refractivity contribution in [1.82, 2.24) is 9.47 Å². The van der Waals surface area contributed by atoms with Crippen molar-refractivity contribution >= 4 is 34.9 Å². The summed E-state index contributed by atoms with van der Waals surface area (Å²) in [5, 5.41) is 0.421. The van der Waals surface area contributed by atoms with E-state index < -0.39 is 0 Å². The molecule has 0 spiro atoms. The van der Waals surface area contributed by atoms with E-state index in [4.69, 9.17) is 11.6 Å². The number of carbonyl (C=O) groups excluding carboxylic acids is 2. The molecule has 1 aromatic heterocycles. The molecule has 2 aromatic rings. The molecule has 0 saturated carbocycles. The van der Waals surface area contributed by atoms with E-state index in [0.717, 1.165) is 18.8 Å². The third-order valence-corrected chi connectivity index (χ3v) is 5.46. The zero-order valence-electron chi connectivity index (χ0n) is 15.5. The van der Waals surface area contributed by atoms with E-state index in [2.05, 4.69) is 11.8 Å². The van der Waals surface area contributed by atoms with Gasteiger partial charge in [-0.1, -0.05) is 44.5 Å². The standard InChI is InChI=1S/C20H25ClN2O2S/c1-4-22(5-2)13-19(24)15-11-18(23(12-15)14-26-6-3)20(25)16-9-7-8-10-17(16)21/h7-12H,4-6,13-14H2,1-3H3. The fraction of sp³-hybridized carbons (Fsp3) is 0.400. The number of aromatic nitrogens is 1. The molecule has 0 aliphatic rings. The number of Topliss-reactive ketones (excluding diaryl/α,β-unsaturated/α-hetero) is 1. The Morgan fingerprint density at radius 1 is 1.15 bits per heavy atom. The van der Waals surface area contributed by atoms with Gasteiger partial charge in [0.25, 0.3) is 0 Å². The van der Waals surface area contributed by atoms with Gasteiger partial charge in [-0.25, -0.2) is 0 Å². The minimum Gasteiger partial charge on any atom is -0.334 e. The summed E-state index contributed by atoms with van der Waals surface area (Å²) in [5.41, 5.74) is 1.53. The molecule has 0 aliphatic carbocycles. The van der Waals surface area contributed by atoms with Crippen LogP contribution < -0.4 is 0 Å². The smallest absolute Gasteiger partial charge is 0.210 e. The van der Waals surface area contributed by atoms with E-state index in [1.54, 1.807) is 48.3 Å². The largest absolute Gasteiger partial charge is 0.334 e. The summed E-state index contributed by atoms with van der Waals surface area (Å²) in [4.78, 5) is 27.7. The number of thioether (sulfide) groups is 1. The van der Waals surface area contributed by atoms with Gasteiger partial charge in [0.1, 0.15) is 0 Å². The SMILES string of the molecule is CCSCn1cc(C(=O)CN(CC)CC)cc1C(=O)c1ccccc1Cl. The molecule has 2 rings (SSSR count). The van der Waals surface area contributed by atoms with Gasteiger partial charge < -0.3 is 4.57 Å². The zero-order chi connectivity index (χ0) is 19.1. The highest BCUT2D eigenvalue weighted by molar-refractivity contribution is 7.98. The lowest BCUT2D eigenvalue weighted by Crippen LogP contribution is -2.29. The van der Waals surface area contributed by atoms with Crippen molar-refractivity contribution in [1.29, 1.82) is 0 Å².